The second-order valence-electron chi connectivity index (χ2n) is 7.95. The summed E-state index contributed by atoms with van der Waals surface area (Å²) in [5, 5.41) is 18.3. The van der Waals surface area contributed by atoms with Gasteiger partial charge in [0.1, 0.15) is 21.8 Å². The van der Waals surface area contributed by atoms with E-state index in [1.165, 1.54) is 16.3 Å². The lowest BCUT2D eigenvalue weighted by molar-refractivity contribution is -0.137. The number of aromatic nitrogens is 1. The molecule has 1 N–H and O–H groups in total. The summed E-state index contributed by atoms with van der Waals surface area (Å²) in [6, 6.07) is 2.01. The summed E-state index contributed by atoms with van der Waals surface area (Å²) in [5.41, 5.74) is 1.01. The maximum Gasteiger partial charge on any atom is 0.303 e. The van der Waals surface area contributed by atoms with Crippen LogP contribution in [0, 0.1) is 18.3 Å². The van der Waals surface area contributed by atoms with Gasteiger partial charge in [0, 0.05) is 38.7 Å². The van der Waals surface area contributed by atoms with Crippen LogP contribution in [0.3, 0.4) is 0 Å². The van der Waals surface area contributed by atoms with Crippen LogP contribution in [0.4, 0.5) is 5.82 Å². The van der Waals surface area contributed by atoms with Crippen LogP contribution in [-0.4, -0.2) is 50.4 Å². The lowest BCUT2D eigenvalue weighted by Crippen LogP contribution is -2.31. The first kappa shape index (κ1) is 24.0. The van der Waals surface area contributed by atoms with Gasteiger partial charge in [-0.05, 0) is 44.2 Å². The SMILES string of the molecule is Cc1c(/C=C2\SC(=S)N(CCCCCC(=O)O)C2=O)c(N2CCCC2)n(C)c(=O)c1C#N. The maximum atomic E-state index is 13.1. The fraction of sp³-hybridized carbons (Fsp3) is 0.500. The number of thioether (sulfide) groups is 1. The summed E-state index contributed by atoms with van der Waals surface area (Å²) in [7, 11) is 1.66. The van der Waals surface area contributed by atoms with Crippen LogP contribution in [0.25, 0.3) is 6.08 Å². The number of carbonyl (C=O) groups is 2. The lowest BCUT2D eigenvalue weighted by atomic mass is 10.0. The maximum absolute atomic E-state index is 13.1. The number of carbonyl (C=O) groups excluding carboxylic acids is 1. The molecule has 0 aromatic carbocycles. The molecule has 0 atom stereocenters. The number of unbranched alkanes of at least 4 members (excludes halogenated alkanes) is 2. The molecular weight excluding hydrogens is 448 g/mol. The first-order chi connectivity index (χ1) is 15.3. The number of hydrogen-bond acceptors (Lipinski definition) is 7. The summed E-state index contributed by atoms with van der Waals surface area (Å²) in [6.07, 6.45) is 5.86. The van der Waals surface area contributed by atoms with E-state index in [1.807, 2.05) is 6.07 Å². The molecule has 0 unspecified atom stereocenters. The summed E-state index contributed by atoms with van der Waals surface area (Å²) in [6.45, 7) is 3.82. The largest absolute Gasteiger partial charge is 0.481 e. The summed E-state index contributed by atoms with van der Waals surface area (Å²) in [5.74, 6) is -0.294. The minimum absolute atomic E-state index is 0.0793. The third kappa shape index (κ3) is 4.89. The van der Waals surface area contributed by atoms with Crippen molar-refractivity contribution < 1.29 is 14.7 Å². The van der Waals surface area contributed by atoms with Crippen LogP contribution in [0.2, 0.25) is 0 Å². The van der Waals surface area contributed by atoms with Crippen LogP contribution in [-0.2, 0) is 16.6 Å². The Morgan fingerprint density at radius 1 is 1.25 bits per heavy atom. The summed E-state index contributed by atoms with van der Waals surface area (Å²) < 4.78 is 1.97. The van der Waals surface area contributed by atoms with Gasteiger partial charge in [-0.3, -0.25) is 23.9 Å². The quantitative estimate of drug-likeness (QED) is 0.348. The molecule has 3 heterocycles. The van der Waals surface area contributed by atoms with Crippen molar-refractivity contribution in [3.63, 3.8) is 0 Å². The molecule has 0 bridgehead atoms. The molecule has 32 heavy (non-hydrogen) atoms. The number of rotatable bonds is 8. The third-order valence-corrected chi connectivity index (χ3v) is 7.17. The first-order valence-corrected chi connectivity index (χ1v) is 11.8. The van der Waals surface area contributed by atoms with Crippen molar-refractivity contribution in [2.45, 2.75) is 45.4 Å². The molecule has 3 rings (SSSR count). The molecule has 1 aromatic heterocycles. The highest BCUT2D eigenvalue weighted by atomic mass is 32.2. The number of carboxylic acids is 1. The molecule has 1 amide bonds. The number of nitriles is 1. The predicted octanol–water partition coefficient (Wildman–Crippen LogP) is 3.01. The van der Waals surface area contributed by atoms with Gasteiger partial charge in [0.2, 0.25) is 0 Å². The van der Waals surface area contributed by atoms with E-state index in [0.717, 1.165) is 31.7 Å². The number of nitrogens with zero attached hydrogens (tertiary/aromatic N) is 4. The second kappa shape index (κ2) is 10.3. The number of carboxylic acid groups (broad SMARTS) is 1. The molecular formula is C22H26N4O4S2. The molecule has 2 saturated heterocycles. The topological polar surface area (TPSA) is 107 Å². The number of thiocarbonyl (C=S) groups is 1. The lowest BCUT2D eigenvalue weighted by Gasteiger charge is -2.25. The Balaban J connectivity index is 1.90. The van der Waals surface area contributed by atoms with E-state index in [0.29, 0.717) is 46.2 Å². The summed E-state index contributed by atoms with van der Waals surface area (Å²) >= 11 is 6.63. The van der Waals surface area contributed by atoms with E-state index in [-0.39, 0.29) is 23.5 Å². The number of amides is 1. The number of anilines is 1. The van der Waals surface area contributed by atoms with Gasteiger partial charge in [-0.2, -0.15) is 5.26 Å². The van der Waals surface area contributed by atoms with Crippen molar-refractivity contribution >= 4 is 52.1 Å². The molecule has 0 saturated carbocycles. The number of pyridine rings is 1. The highest BCUT2D eigenvalue weighted by Crippen LogP contribution is 2.36. The Kier molecular flexibility index (Phi) is 7.74. The van der Waals surface area contributed by atoms with Gasteiger partial charge in [0.15, 0.2) is 0 Å². The highest BCUT2D eigenvalue weighted by Gasteiger charge is 2.33. The van der Waals surface area contributed by atoms with Crippen molar-refractivity contribution in [3.05, 3.63) is 31.9 Å². The van der Waals surface area contributed by atoms with Crippen LogP contribution in [0.15, 0.2) is 9.70 Å². The molecule has 2 fully saturated rings. The molecule has 0 spiro atoms. The van der Waals surface area contributed by atoms with Gasteiger partial charge >= 0.3 is 5.97 Å². The molecule has 8 nitrogen and oxygen atoms in total. The van der Waals surface area contributed by atoms with Gasteiger partial charge in [-0.1, -0.05) is 30.4 Å². The van der Waals surface area contributed by atoms with Crippen LogP contribution >= 0.6 is 24.0 Å². The summed E-state index contributed by atoms with van der Waals surface area (Å²) in [4.78, 5) is 40.6. The Bertz CT molecular complexity index is 1080. The van der Waals surface area contributed by atoms with E-state index in [9.17, 15) is 19.6 Å². The Morgan fingerprint density at radius 2 is 1.94 bits per heavy atom. The van der Waals surface area contributed by atoms with Crippen LogP contribution in [0.5, 0.6) is 0 Å². The van der Waals surface area contributed by atoms with Crippen molar-refractivity contribution in [1.29, 1.82) is 5.26 Å². The van der Waals surface area contributed by atoms with Crippen molar-refractivity contribution in [2.24, 2.45) is 7.05 Å². The Morgan fingerprint density at radius 3 is 2.56 bits per heavy atom. The zero-order chi connectivity index (χ0) is 23.4. The predicted molar refractivity (Wildman–Crippen MR) is 129 cm³/mol. The zero-order valence-electron chi connectivity index (χ0n) is 18.2. The van der Waals surface area contributed by atoms with Crippen molar-refractivity contribution in [1.82, 2.24) is 9.47 Å². The number of aliphatic carboxylic acids is 1. The van der Waals surface area contributed by atoms with E-state index >= 15 is 0 Å². The zero-order valence-corrected chi connectivity index (χ0v) is 19.9. The molecule has 0 aliphatic carbocycles. The van der Waals surface area contributed by atoms with Gasteiger partial charge in [0.25, 0.3) is 11.5 Å². The van der Waals surface area contributed by atoms with Crippen molar-refractivity contribution in [3.8, 4) is 6.07 Å². The third-order valence-electron chi connectivity index (χ3n) is 5.79. The minimum Gasteiger partial charge on any atom is -0.481 e. The Labute approximate surface area is 196 Å². The minimum atomic E-state index is -0.822. The fourth-order valence-corrected chi connectivity index (χ4v) is 5.36. The monoisotopic (exact) mass is 474 g/mol. The van der Waals surface area contributed by atoms with E-state index < -0.39 is 5.97 Å². The Hall–Kier alpha value is -2.64. The van der Waals surface area contributed by atoms with Gasteiger partial charge in [0.05, 0.1) is 4.91 Å². The molecule has 2 aliphatic heterocycles. The molecule has 0 radical (unpaired) electrons. The average molecular weight is 475 g/mol. The van der Waals surface area contributed by atoms with Crippen LogP contribution < -0.4 is 10.5 Å². The van der Waals surface area contributed by atoms with E-state index in [4.69, 9.17) is 17.3 Å². The smallest absolute Gasteiger partial charge is 0.303 e. The molecule has 1 aromatic rings. The van der Waals surface area contributed by atoms with Gasteiger partial charge in [-0.15, -0.1) is 0 Å². The van der Waals surface area contributed by atoms with Gasteiger partial charge in [-0.25, -0.2) is 0 Å². The fourth-order valence-electron chi connectivity index (χ4n) is 4.07. The van der Waals surface area contributed by atoms with E-state index in [2.05, 4.69) is 4.90 Å². The number of hydrogen-bond donors (Lipinski definition) is 1. The molecule has 10 heteroatoms. The second-order valence-corrected chi connectivity index (χ2v) is 9.62. The molecule has 2 aliphatic rings. The first-order valence-electron chi connectivity index (χ1n) is 10.6. The molecule has 170 valence electrons. The normalized spacial score (nSPS) is 17.5. The van der Waals surface area contributed by atoms with Crippen molar-refractivity contribution in [2.75, 3.05) is 24.5 Å². The van der Waals surface area contributed by atoms with Crippen LogP contribution in [0.1, 0.15) is 55.2 Å². The standard InChI is InChI=1S/C22H26N4O4S2/c1-14-15(19(25-9-6-7-10-25)24(2)20(29)16(14)13-23)12-17-21(30)26(22(31)32-17)11-5-3-4-8-18(27)28/h12H,3-11H2,1-2H3,(H,27,28)/b17-12-. The average Bonchev–Trinajstić information content (AvgIpc) is 3.36. The van der Waals surface area contributed by atoms with Gasteiger partial charge < -0.3 is 10.0 Å². The van der Waals surface area contributed by atoms with E-state index in [1.54, 1.807) is 24.9 Å². The highest BCUT2D eigenvalue weighted by molar-refractivity contribution is 8.26.